The van der Waals surface area contributed by atoms with Crippen molar-refractivity contribution in [1.29, 1.82) is 0 Å². The molecule has 2 heterocycles. The fraction of sp³-hybridized carbons (Fsp3) is 0.167. The molecule has 7 heteroatoms. The molecule has 19 heavy (non-hydrogen) atoms. The normalized spacial score (nSPS) is 10.8. The minimum Gasteiger partial charge on any atom is -0.288 e. The van der Waals surface area contributed by atoms with Crippen molar-refractivity contribution in [3.63, 3.8) is 0 Å². The largest absolute Gasteiger partial charge is 0.288 e. The molecule has 0 fully saturated rings. The highest BCUT2D eigenvalue weighted by Crippen LogP contribution is 2.18. The van der Waals surface area contributed by atoms with E-state index in [-0.39, 0.29) is 11.9 Å². The molecule has 0 spiro atoms. The number of benzene rings is 1. The fourth-order valence-corrected chi connectivity index (χ4v) is 1.94. The van der Waals surface area contributed by atoms with Crippen LogP contribution in [0.2, 0.25) is 0 Å². The summed E-state index contributed by atoms with van der Waals surface area (Å²) in [6, 6.07) is 7.55. The first-order chi connectivity index (χ1) is 9.15. The van der Waals surface area contributed by atoms with Crippen LogP contribution >= 0.6 is 0 Å². The number of aromatic nitrogens is 5. The number of nitrogens with one attached hydrogen (secondary N) is 2. The van der Waals surface area contributed by atoms with Crippen molar-refractivity contribution < 1.29 is 4.79 Å². The number of amides is 1. The van der Waals surface area contributed by atoms with Crippen LogP contribution in [0, 0.1) is 6.92 Å². The van der Waals surface area contributed by atoms with Crippen LogP contribution in [0.5, 0.6) is 0 Å². The molecule has 0 bridgehead atoms. The third kappa shape index (κ3) is 1.95. The molecule has 2 aromatic heterocycles. The minimum atomic E-state index is -0.323. The molecule has 96 valence electrons. The van der Waals surface area contributed by atoms with Crippen LogP contribution in [0.3, 0.4) is 0 Å². The number of carbonyl (C=O) groups excluding carboxylic acids is 1. The number of aromatic amines is 1. The van der Waals surface area contributed by atoms with Crippen molar-refractivity contribution in [3.8, 4) is 0 Å². The zero-order chi connectivity index (χ0) is 13.4. The Morgan fingerprint density at radius 3 is 2.89 bits per heavy atom. The van der Waals surface area contributed by atoms with Crippen molar-refractivity contribution in [2.75, 3.05) is 5.32 Å². The van der Waals surface area contributed by atoms with Gasteiger partial charge >= 0.3 is 0 Å². The van der Waals surface area contributed by atoms with Gasteiger partial charge in [0.2, 0.25) is 5.95 Å². The number of hydrogen-bond donors (Lipinski definition) is 2. The van der Waals surface area contributed by atoms with Gasteiger partial charge in [-0.2, -0.15) is 10.1 Å². The maximum atomic E-state index is 12.2. The second-order valence-corrected chi connectivity index (χ2v) is 4.19. The van der Waals surface area contributed by atoms with Crippen molar-refractivity contribution in [2.45, 2.75) is 6.92 Å². The summed E-state index contributed by atoms with van der Waals surface area (Å²) < 4.78 is 1.67. The van der Waals surface area contributed by atoms with E-state index in [4.69, 9.17) is 0 Å². The van der Waals surface area contributed by atoms with Gasteiger partial charge in [0.05, 0.1) is 5.52 Å². The first-order valence-electron chi connectivity index (χ1n) is 5.77. The zero-order valence-corrected chi connectivity index (χ0v) is 10.5. The molecule has 0 saturated heterocycles. The van der Waals surface area contributed by atoms with E-state index < -0.39 is 0 Å². The van der Waals surface area contributed by atoms with E-state index in [0.29, 0.717) is 11.5 Å². The highest BCUT2D eigenvalue weighted by Gasteiger charge is 2.16. The molecule has 7 nitrogen and oxygen atoms in total. The van der Waals surface area contributed by atoms with Gasteiger partial charge in [-0.15, -0.1) is 5.10 Å². The lowest BCUT2D eigenvalue weighted by Crippen LogP contribution is -2.14. The van der Waals surface area contributed by atoms with Gasteiger partial charge in [-0.05, 0) is 13.0 Å². The van der Waals surface area contributed by atoms with Gasteiger partial charge in [0.25, 0.3) is 5.91 Å². The first kappa shape index (κ1) is 11.4. The Balaban J connectivity index is 1.98. The number of carbonyl (C=O) groups is 1. The van der Waals surface area contributed by atoms with Gasteiger partial charge in [-0.1, -0.05) is 18.2 Å². The van der Waals surface area contributed by atoms with Gasteiger partial charge in [0.1, 0.15) is 5.82 Å². The second kappa shape index (κ2) is 4.20. The Hall–Kier alpha value is -2.70. The Bertz CT molecular complexity index is 757. The average Bonchev–Trinajstić information content (AvgIpc) is 2.95. The summed E-state index contributed by atoms with van der Waals surface area (Å²) in [7, 11) is 1.80. The van der Waals surface area contributed by atoms with E-state index >= 15 is 0 Å². The number of hydrogen-bond acceptors (Lipinski definition) is 4. The highest BCUT2D eigenvalue weighted by atomic mass is 16.2. The SMILES string of the molecule is Cc1nc(NC(=O)c2nn(C)c3ccccc23)n[nH]1. The number of fused-ring (bicyclic) bond motifs is 1. The first-order valence-corrected chi connectivity index (χ1v) is 5.77. The standard InChI is InChI=1S/C12H12N6O/c1-7-13-12(16-15-7)14-11(19)10-8-5-3-4-6-9(8)18(2)17-10/h3-6H,1-2H3,(H2,13,14,15,16,19). The quantitative estimate of drug-likeness (QED) is 0.722. The van der Waals surface area contributed by atoms with Crippen LogP contribution in [0.15, 0.2) is 24.3 Å². The topological polar surface area (TPSA) is 88.5 Å². The fourth-order valence-electron chi connectivity index (χ4n) is 1.94. The van der Waals surface area contributed by atoms with Crippen molar-refractivity contribution in [3.05, 3.63) is 35.8 Å². The average molecular weight is 256 g/mol. The van der Waals surface area contributed by atoms with Gasteiger partial charge in [0, 0.05) is 12.4 Å². The lowest BCUT2D eigenvalue weighted by molar-refractivity contribution is 0.102. The Morgan fingerprint density at radius 1 is 1.37 bits per heavy atom. The summed E-state index contributed by atoms with van der Waals surface area (Å²) in [6.07, 6.45) is 0. The molecule has 0 aliphatic heterocycles. The van der Waals surface area contributed by atoms with Gasteiger partial charge in [-0.25, -0.2) is 0 Å². The van der Waals surface area contributed by atoms with Crippen molar-refractivity contribution in [2.24, 2.45) is 7.05 Å². The maximum Gasteiger partial charge on any atom is 0.279 e. The van der Waals surface area contributed by atoms with Gasteiger partial charge < -0.3 is 0 Å². The number of aryl methyl sites for hydroxylation is 2. The third-order valence-electron chi connectivity index (χ3n) is 2.80. The van der Waals surface area contributed by atoms with Crippen LogP contribution in [0.1, 0.15) is 16.3 Å². The summed E-state index contributed by atoms with van der Waals surface area (Å²) in [5.41, 5.74) is 1.26. The molecule has 0 radical (unpaired) electrons. The summed E-state index contributed by atoms with van der Waals surface area (Å²) in [4.78, 5) is 16.2. The van der Waals surface area contributed by atoms with E-state index in [1.807, 2.05) is 24.3 Å². The Kier molecular flexibility index (Phi) is 2.52. The molecule has 3 aromatic rings. The van der Waals surface area contributed by atoms with Crippen LogP contribution in [-0.4, -0.2) is 30.9 Å². The van der Waals surface area contributed by atoms with E-state index in [9.17, 15) is 4.79 Å². The predicted octanol–water partition coefficient (Wildman–Crippen LogP) is 1.25. The van der Waals surface area contributed by atoms with Gasteiger partial charge in [-0.3, -0.25) is 19.9 Å². The predicted molar refractivity (Wildman–Crippen MR) is 69.8 cm³/mol. The summed E-state index contributed by atoms with van der Waals surface area (Å²) >= 11 is 0. The maximum absolute atomic E-state index is 12.2. The lowest BCUT2D eigenvalue weighted by atomic mass is 10.2. The molecule has 1 amide bonds. The van der Waals surface area contributed by atoms with Crippen molar-refractivity contribution >= 4 is 22.8 Å². The molecule has 2 N–H and O–H groups in total. The molecule has 0 aliphatic carbocycles. The van der Waals surface area contributed by atoms with Crippen LogP contribution in [0.4, 0.5) is 5.95 Å². The summed E-state index contributed by atoms with van der Waals surface area (Å²) in [5.74, 6) is 0.564. The second-order valence-electron chi connectivity index (χ2n) is 4.19. The molecule has 0 atom stereocenters. The molecule has 0 saturated carbocycles. The van der Waals surface area contributed by atoms with Crippen LogP contribution < -0.4 is 5.32 Å². The number of H-pyrrole nitrogens is 1. The van der Waals surface area contributed by atoms with Crippen LogP contribution in [-0.2, 0) is 7.05 Å². The molecule has 0 aliphatic rings. The molecule has 0 unspecified atom stereocenters. The van der Waals surface area contributed by atoms with E-state index in [1.54, 1.807) is 18.7 Å². The number of para-hydroxylation sites is 1. The molecular formula is C12H12N6O. The van der Waals surface area contributed by atoms with Gasteiger partial charge in [0.15, 0.2) is 5.69 Å². The molecule has 3 rings (SSSR count). The van der Waals surface area contributed by atoms with E-state index in [1.165, 1.54) is 0 Å². The lowest BCUT2D eigenvalue weighted by Gasteiger charge is -1.97. The van der Waals surface area contributed by atoms with Crippen LogP contribution in [0.25, 0.3) is 10.9 Å². The monoisotopic (exact) mass is 256 g/mol. The summed E-state index contributed by atoms with van der Waals surface area (Å²) in [6.45, 7) is 1.76. The molecular weight excluding hydrogens is 244 g/mol. The third-order valence-corrected chi connectivity index (χ3v) is 2.80. The minimum absolute atomic E-state index is 0.247. The van der Waals surface area contributed by atoms with E-state index in [0.717, 1.165) is 10.9 Å². The highest BCUT2D eigenvalue weighted by molar-refractivity contribution is 6.10. The van der Waals surface area contributed by atoms with E-state index in [2.05, 4.69) is 25.6 Å². The zero-order valence-electron chi connectivity index (χ0n) is 10.5. The number of nitrogens with zero attached hydrogens (tertiary/aromatic N) is 4. The summed E-state index contributed by atoms with van der Waals surface area (Å²) in [5, 5.41) is 14.2. The smallest absolute Gasteiger partial charge is 0.279 e. The van der Waals surface area contributed by atoms with Crippen molar-refractivity contribution in [1.82, 2.24) is 25.0 Å². The Morgan fingerprint density at radius 2 is 2.16 bits per heavy atom. The number of rotatable bonds is 2. The number of anilines is 1. The Labute approximate surface area is 108 Å². The molecule has 1 aromatic carbocycles.